The lowest BCUT2D eigenvalue weighted by atomic mass is 9.55. The molecule has 2 fully saturated rings. The Balaban J connectivity index is 2.10. The minimum absolute atomic E-state index is 0.120. The Labute approximate surface area is 119 Å². The van der Waals surface area contributed by atoms with Crippen LogP contribution in [0, 0.1) is 22.7 Å². The number of rotatable bonds is 4. The molecule has 2 rings (SSSR count). The van der Waals surface area contributed by atoms with E-state index in [2.05, 4.69) is 27.7 Å². The van der Waals surface area contributed by atoms with E-state index >= 15 is 0 Å². The highest BCUT2D eigenvalue weighted by molar-refractivity contribution is 5.84. The van der Waals surface area contributed by atoms with E-state index in [0.29, 0.717) is 11.2 Å². The molecule has 0 aliphatic heterocycles. The zero-order valence-electron chi connectivity index (χ0n) is 13.4. The van der Waals surface area contributed by atoms with Crippen molar-refractivity contribution in [1.82, 2.24) is 0 Å². The van der Waals surface area contributed by atoms with Crippen molar-refractivity contribution in [3.05, 3.63) is 0 Å². The molecule has 1 nitrogen and oxygen atoms in total. The summed E-state index contributed by atoms with van der Waals surface area (Å²) in [4.78, 5) is 12.6. The van der Waals surface area contributed by atoms with Gasteiger partial charge in [0.1, 0.15) is 5.78 Å². The summed E-state index contributed by atoms with van der Waals surface area (Å²) in [7, 11) is 0. The summed E-state index contributed by atoms with van der Waals surface area (Å²) in [5.41, 5.74) is 0.178. The number of ketones is 1. The fourth-order valence-electron chi connectivity index (χ4n) is 4.45. The standard InChI is InChI=1S/C18H32O/c1-5-17(2,3)16(19)13-18(4)12-8-10-14-9-6-7-11-15(14)18/h14-15H,5-13H2,1-4H3. The summed E-state index contributed by atoms with van der Waals surface area (Å²) < 4.78 is 0. The maximum Gasteiger partial charge on any atom is 0.139 e. The smallest absolute Gasteiger partial charge is 0.139 e. The Morgan fingerprint density at radius 2 is 1.79 bits per heavy atom. The van der Waals surface area contributed by atoms with Crippen molar-refractivity contribution in [3.8, 4) is 0 Å². The molecule has 0 bridgehead atoms. The van der Waals surface area contributed by atoms with Gasteiger partial charge in [0.2, 0.25) is 0 Å². The van der Waals surface area contributed by atoms with Crippen LogP contribution in [0.5, 0.6) is 0 Å². The van der Waals surface area contributed by atoms with Gasteiger partial charge < -0.3 is 0 Å². The molecular weight excluding hydrogens is 232 g/mol. The van der Waals surface area contributed by atoms with Crippen LogP contribution in [0.1, 0.15) is 85.5 Å². The van der Waals surface area contributed by atoms with Gasteiger partial charge in [-0.3, -0.25) is 4.79 Å². The molecule has 0 aromatic carbocycles. The van der Waals surface area contributed by atoms with Crippen LogP contribution in [-0.2, 0) is 4.79 Å². The van der Waals surface area contributed by atoms with Crippen molar-refractivity contribution in [1.29, 1.82) is 0 Å². The summed E-state index contributed by atoms with van der Waals surface area (Å²) in [5.74, 6) is 2.25. The number of carbonyl (C=O) groups is 1. The molecule has 0 heterocycles. The predicted molar refractivity (Wildman–Crippen MR) is 81.1 cm³/mol. The van der Waals surface area contributed by atoms with E-state index < -0.39 is 0 Å². The minimum atomic E-state index is -0.120. The summed E-state index contributed by atoms with van der Waals surface area (Å²) in [6, 6.07) is 0. The zero-order chi connectivity index (χ0) is 14.1. The molecule has 0 spiro atoms. The van der Waals surface area contributed by atoms with E-state index in [4.69, 9.17) is 0 Å². The van der Waals surface area contributed by atoms with Crippen LogP contribution in [0.25, 0.3) is 0 Å². The SMILES string of the molecule is CCC(C)(C)C(=O)CC1(C)CCCC2CCCCC21. The number of hydrogen-bond donors (Lipinski definition) is 0. The Bertz CT molecular complexity index is 329. The molecule has 19 heavy (non-hydrogen) atoms. The molecule has 0 radical (unpaired) electrons. The van der Waals surface area contributed by atoms with Crippen LogP contribution in [-0.4, -0.2) is 5.78 Å². The van der Waals surface area contributed by atoms with E-state index in [9.17, 15) is 4.79 Å². The van der Waals surface area contributed by atoms with Gasteiger partial charge in [-0.2, -0.15) is 0 Å². The second kappa shape index (κ2) is 5.58. The summed E-state index contributed by atoms with van der Waals surface area (Å²) in [5, 5.41) is 0. The van der Waals surface area contributed by atoms with E-state index in [0.717, 1.165) is 24.7 Å². The van der Waals surface area contributed by atoms with Crippen LogP contribution >= 0.6 is 0 Å². The first-order valence-electron chi connectivity index (χ1n) is 8.42. The van der Waals surface area contributed by atoms with Crippen molar-refractivity contribution in [2.75, 3.05) is 0 Å². The highest BCUT2D eigenvalue weighted by atomic mass is 16.1. The second-order valence-electron chi connectivity index (χ2n) is 8.03. The second-order valence-corrected chi connectivity index (χ2v) is 8.03. The van der Waals surface area contributed by atoms with E-state index in [-0.39, 0.29) is 5.41 Å². The Morgan fingerprint density at radius 3 is 2.47 bits per heavy atom. The highest BCUT2D eigenvalue weighted by Gasteiger charge is 2.45. The molecule has 3 atom stereocenters. The largest absolute Gasteiger partial charge is 0.299 e. The van der Waals surface area contributed by atoms with Crippen LogP contribution in [0.4, 0.5) is 0 Å². The van der Waals surface area contributed by atoms with Gasteiger partial charge in [0, 0.05) is 11.8 Å². The Morgan fingerprint density at radius 1 is 1.16 bits per heavy atom. The zero-order valence-corrected chi connectivity index (χ0v) is 13.4. The summed E-state index contributed by atoms with van der Waals surface area (Å²) in [6.07, 6.45) is 11.5. The summed E-state index contributed by atoms with van der Waals surface area (Å²) in [6.45, 7) is 8.81. The molecule has 3 unspecified atom stereocenters. The average Bonchev–Trinajstić information content (AvgIpc) is 2.39. The lowest BCUT2D eigenvalue weighted by molar-refractivity contribution is -0.132. The first kappa shape index (κ1) is 15.1. The van der Waals surface area contributed by atoms with Gasteiger partial charge in [0.05, 0.1) is 0 Å². The molecule has 2 aliphatic rings. The third-order valence-electron chi connectivity index (χ3n) is 6.33. The lowest BCUT2D eigenvalue weighted by Crippen LogP contribution is -2.42. The average molecular weight is 264 g/mol. The maximum absolute atomic E-state index is 12.6. The summed E-state index contributed by atoms with van der Waals surface area (Å²) >= 11 is 0. The van der Waals surface area contributed by atoms with Crippen molar-refractivity contribution in [2.45, 2.75) is 85.5 Å². The fraction of sp³-hybridized carbons (Fsp3) is 0.944. The number of carbonyl (C=O) groups excluding carboxylic acids is 1. The molecule has 0 saturated heterocycles. The van der Waals surface area contributed by atoms with Crippen molar-refractivity contribution >= 4 is 5.78 Å². The van der Waals surface area contributed by atoms with Crippen LogP contribution in [0.15, 0.2) is 0 Å². The molecule has 2 saturated carbocycles. The van der Waals surface area contributed by atoms with Crippen molar-refractivity contribution in [3.63, 3.8) is 0 Å². The maximum atomic E-state index is 12.6. The van der Waals surface area contributed by atoms with Crippen LogP contribution < -0.4 is 0 Å². The van der Waals surface area contributed by atoms with Gasteiger partial charge >= 0.3 is 0 Å². The number of Topliss-reactive ketones (excluding diaryl/α,β-unsaturated/α-hetero) is 1. The minimum Gasteiger partial charge on any atom is -0.299 e. The molecular formula is C18H32O. The van der Waals surface area contributed by atoms with Crippen LogP contribution in [0.2, 0.25) is 0 Å². The molecule has 0 amide bonds. The molecule has 2 aliphatic carbocycles. The molecule has 110 valence electrons. The lowest BCUT2D eigenvalue weighted by Gasteiger charge is -2.49. The predicted octanol–water partition coefficient (Wildman–Crippen LogP) is 5.38. The molecule has 0 aromatic rings. The fourth-order valence-corrected chi connectivity index (χ4v) is 4.45. The van der Waals surface area contributed by atoms with Gasteiger partial charge in [-0.25, -0.2) is 0 Å². The third-order valence-corrected chi connectivity index (χ3v) is 6.33. The topological polar surface area (TPSA) is 17.1 Å². The molecule has 0 aromatic heterocycles. The van der Waals surface area contributed by atoms with E-state index in [1.807, 2.05) is 0 Å². The normalized spacial score (nSPS) is 35.8. The molecule has 1 heteroatoms. The van der Waals surface area contributed by atoms with E-state index in [1.54, 1.807) is 0 Å². The number of hydrogen-bond acceptors (Lipinski definition) is 1. The van der Waals surface area contributed by atoms with Crippen molar-refractivity contribution in [2.24, 2.45) is 22.7 Å². The van der Waals surface area contributed by atoms with Gasteiger partial charge in [-0.15, -0.1) is 0 Å². The Hall–Kier alpha value is -0.330. The van der Waals surface area contributed by atoms with Gasteiger partial charge in [-0.05, 0) is 36.5 Å². The monoisotopic (exact) mass is 264 g/mol. The van der Waals surface area contributed by atoms with Gasteiger partial charge in [-0.1, -0.05) is 59.8 Å². The highest BCUT2D eigenvalue weighted by Crippen LogP contribution is 2.53. The van der Waals surface area contributed by atoms with Crippen LogP contribution in [0.3, 0.4) is 0 Å². The Kier molecular flexibility index (Phi) is 4.42. The van der Waals surface area contributed by atoms with Gasteiger partial charge in [0.15, 0.2) is 0 Å². The third kappa shape index (κ3) is 3.06. The first-order valence-corrected chi connectivity index (χ1v) is 8.42. The number of fused-ring (bicyclic) bond motifs is 1. The molecule has 0 N–H and O–H groups in total. The van der Waals surface area contributed by atoms with E-state index in [1.165, 1.54) is 44.9 Å². The quantitative estimate of drug-likeness (QED) is 0.666. The van der Waals surface area contributed by atoms with Crippen molar-refractivity contribution < 1.29 is 4.79 Å². The van der Waals surface area contributed by atoms with Gasteiger partial charge in [0.25, 0.3) is 0 Å². The first-order chi connectivity index (χ1) is 8.89.